The standard InChI is InChI=1S/C13H19N5O2S/c1-9(2)12-14-15-13(21-8-11(19)20)18(12)7-5-10-4-6-17(3)16-10/h4,6,9H,5,7-8H2,1-3H3,(H,19,20). The lowest BCUT2D eigenvalue weighted by Crippen LogP contribution is -2.10. The molecule has 0 atom stereocenters. The summed E-state index contributed by atoms with van der Waals surface area (Å²) in [5.74, 6) is 0.240. The van der Waals surface area contributed by atoms with Crippen molar-refractivity contribution < 1.29 is 9.90 Å². The fourth-order valence-corrected chi connectivity index (χ4v) is 2.69. The van der Waals surface area contributed by atoms with Crippen LogP contribution in [0.2, 0.25) is 0 Å². The molecule has 2 aromatic rings. The SMILES string of the molecule is CC(C)c1nnc(SCC(=O)O)n1CCc1ccn(C)n1. The van der Waals surface area contributed by atoms with E-state index in [1.54, 1.807) is 4.68 Å². The van der Waals surface area contributed by atoms with Crippen LogP contribution in [0.5, 0.6) is 0 Å². The van der Waals surface area contributed by atoms with Crippen LogP contribution in [0.1, 0.15) is 31.3 Å². The first-order chi connectivity index (χ1) is 9.97. The smallest absolute Gasteiger partial charge is 0.313 e. The van der Waals surface area contributed by atoms with Crippen LogP contribution in [0, 0.1) is 0 Å². The van der Waals surface area contributed by atoms with Gasteiger partial charge in [0.05, 0.1) is 11.4 Å². The van der Waals surface area contributed by atoms with Crippen molar-refractivity contribution in [1.82, 2.24) is 24.5 Å². The summed E-state index contributed by atoms with van der Waals surface area (Å²) in [6.45, 7) is 4.79. The molecule has 2 aromatic heterocycles. The molecule has 21 heavy (non-hydrogen) atoms. The van der Waals surface area contributed by atoms with E-state index in [1.165, 1.54) is 11.8 Å². The van der Waals surface area contributed by atoms with Crippen LogP contribution < -0.4 is 0 Å². The fourth-order valence-electron chi connectivity index (χ4n) is 1.99. The summed E-state index contributed by atoms with van der Waals surface area (Å²) in [4.78, 5) is 10.7. The van der Waals surface area contributed by atoms with Crippen molar-refractivity contribution in [3.63, 3.8) is 0 Å². The van der Waals surface area contributed by atoms with Gasteiger partial charge in [-0.05, 0) is 6.07 Å². The van der Waals surface area contributed by atoms with Crippen molar-refractivity contribution in [2.75, 3.05) is 5.75 Å². The van der Waals surface area contributed by atoms with E-state index >= 15 is 0 Å². The van der Waals surface area contributed by atoms with E-state index in [0.717, 1.165) is 17.9 Å². The van der Waals surface area contributed by atoms with Gasteiger partial charge in [0.2, 0.25) is 0 Å². The Morgan fingerprint density at radius 2 is 2.19 bits per heavy atom. The normalized spacial score (nSPS) is 11.2. The highest BCUT2D eigenvalue weighted by molar-refractivity contribution is 7.99. The zero-order chi connectivity index (χ0) is 15.4. The Hall–Kier alpha value is -1.83. The van der Waals surface area contributed by atoms with Gasteiger partial charge in [-0.15, -0.1) is 10.2 Å². The van der Waals surface area contributed by atoms with Crippen LogP contribution in [-0.4, -0.2) is 41.4 Å². The minimum absolute atomic E-state index is 0.0141. The van der Waals surface area contributed by atoms with Gasteiger partial charge in [0.1, 0.15) is 5.82 Å². The first-order valence-corrected chi connectivity index (χ1v) is 7.72. The first kappa shape index (κ1) is 15.6. The molecule has 0 saturated carbocycles. The van der Waals surface area contributed by atoms with E-state index in [4.69, 9.17) is 5.11 Å². The highest BCUT2D eigenvalue weighted by Gasteiger charge is 2.16. The predicted octanol–water partition coefficient (Wildman–Crippen LogP) is 1.55. The number of hydrogen-bond acceptors (Lipinski definition) is 5. The summed E-state index contributed by atoms with van der Waals surface area (Å²) in [5, 5.41) is 22.1. The second kappa shape index (κ2) is 6.75. The monoisotopic (exact) mass is 309 g/mol. The number of rotatable bonds is 7. The maximum atomic E-state index is 10.7. The molecule has 2 heterocycles. The van der Waals surface area contributed by atoms with Gasteiger partial charge in [-0.3, -0.25) is 9.48 Å². The second-order valence-corrected chi connectivity index (χ2v) is 6.00. The van der Waals surface area contributed by atoms with Crippen LogP contribution in [0.25, 0.3) is 0 Å². The Morgan fingerprint density at radius 1 is 1.43 bits per heavy atom. The minimum atomic E-state index is -0.856. The zero-order valence-electron chi connectivity index (χ0n) is 12.4. The number of aryl methyl sites for hydroxylation is 2. The van der Waals surface area contributed by atoms with Crippen molar-refractivity contribution in [1.29, 1.82) is 0 Å². The number of nitrogens with zero attached hydrogens (tertiary/aromatic N) is 5. The van der Waals surface area contributed by atoms with Gasteiger partial charge in [-0.25, -0.2) is 0 Å². The zero-order valence-corrected chi connectivity index (χ0v) is 13.2. The Morgan fingerprint density at radius 3 is 2.76 bits per heavy atom. The quantitative estimate of drug-likeness (QED) is 0.781. The molecule has 0 aliphatic heterocycles. The van der Waals surface area contributed by atoms with Crippen molar-refractivity contribution in [2.45, 2.75) is 37.9 Å². The Kier molecular flexibility index (Phi) is 5.00. The third-order valence-electron chi connectivity index (χ3n) is 2.95. The Bertz CT molecular complexity index is 620. The molecule has 0 radical (unpaired) electrons. The number of carboxylic acids is 1. The molecule has 7 nitrogen and oxygen atoms in total. The van der Waals surface area contributed by atoms with E-state index in [0.29, 0.717) is 11.7 Å². The topological polar surface area (TPSA) is 85.8 Å². The number of aromatic nitrogens is 5. The van der Waals surface area contributed by atoms with Gasteiger partial charge in [0.25, 0.3) is 0 Å². The molecule has 0 saturated heterocycles. The summed E-state index contributed by atoms with van der Waals surface area (Å²) in [7, 11) is 1.88. The maximum absolute atomic E-state index is 10.7. The lowest BCUT2D eigenvalue weighted by atomic mass is 10.2. The lowest BCUT2D eigenvalue weighted by Gasteiger charge is -2.10. The molecule has 0 aliphatic rings. The summed E-state index contributed by atoms with van der Waals surface area (Å²) >= 11 is 1.20. The van der Waals surface area contributed by atoms with Crippen molar-refractivity contribution in [3.8, 4) is 0 Å². The van der Waals surface area contributed by atoms with E-state index in [1.807, 2.05) is 37.7 Å². The minimum Gasteiger partial charge on any atom is -0.481 e. The van der Waals surface area contributed by atoms with E-state index in [9.17, 15) is 4.79 Å². The molecular formula is C13H19N5O2S. The molecule has 0 aromatic carbocycles. The second-order valence-electron chi connectivity index (χ2n) is 5.06. The van der Waals surface area contributed by atoms with Crippen LogP contribution in [0.3, 0.4) is 0 Å². The van der Waals surface area contributed by atoms with Gasteiger partial charge < -0.3 is 9.67 Å². The summed E-state index contributed by atoms with van der Waals surface area (Å²) < 4.78 is 3.76. The number of hydrogen-bond donors (Lipinski definition) is 1. The molecule has 0 aliphatic carbocycles. The summed E-state index contributed by atoms with van der Waals surface area (Å²) in [5.41, 5.74) is 0.995. The van der Waals surface area contributed by atoms with E-state index < -0.39 is 5.97 Å². The van der Waals surface area contributed by atoms with Gasteiger partial charge in [-0.1, -0.05) is 25.6 Å². The molecule has 1 N–H and O–H groups in total. The number of aliphatic carboxylic acids is 1. The Labute approximate surface area is 127 Å². The molecule has 114 valence electrons. The molecular weight excluding hydrogens is 290 g/mol. The third-order valence-corrected chi connectivity index (χ3v) is 3.90. The molecule has 0 spiro atoms. The highest BCUT2D eigenvalue weighted by Crippen LogP contribution is 2.21. The predicted molar refractivity (Wildman–Crippen MR) is 79.4 cm³/mol. The highest BCUT2D eigenvalue weighted by atomic mass is 32.2. The number of carboxylic acid groups (broad SMARTS) is 1. The molecule has 0 unspecified atom stereocenters. The number of thioether (sulfide) groups is 1. The molecule has 2 rings (SSSR count). The van der Waals surface area contributed by atoms with Gasteiger partial charge in [0.15, 0.2) is 5.16 Å². The largest absolute Gasteiger partial charge is 0.481 e. The maximum Gasteiger partial charge on any atom is 0.313 e. The number of carbonyl (C=O) groups is 1. The average molecular weight is 309 g/mol. The van der Waals surface area contributed by atoms with Crippen molar-refractivity contribution in [2.24, 2.45) is 7.05 Å². The van der Waals surface area contributed by atoms with Crippen LogP contribution in [0.4, 0.5) is 0 Å². The molecule has 0 amide bonds. The van der Waals surface area contributed by atoms with Crippen molar-refractivity contribution in [3.05, 3.63) is 23.8 Å². The van der Waals surface area contributed by atoms with Crippen molar-refractivity contribution >= 4 is 17.7 Å². The summed E-state index contributed by atoms with van der Waals surface area (Å²) in [6, 6.07) is 1.98. The lowest BCUT2D eigenvalue weighted by molar-refractivity contribution is -0.133. The van der Waals surface area contributed by atoms with Gasteiger partial charge in [0, 0.05) is 32.1 Å². The average Bonchev–Trinajstić information content (AvgIpc) is 2.99. The first-order valence-electron chi connectivity index (χ1n) is 6.73. The van der Waals surface area contributed by atoms with Crippen LogP contribution in [-0.2, 0) is 24.8 Å². The van der Waals surface area contributed by atoms with Gasteiger partial charge >= 0.3 is 5.97 Å². The Balaban J connectivity index is 2.13. The van der Waals surface area contributed by atoms with E-state index in [2.05, 4.69) is 15.3 Å². The van der Waals surface area contributed by atoms with Gasteiger partial charge in [-0.2, -0.15) is 5.10 Å². The third kappa shape index (κ3) is 4.07. The summed E-state index contributed by atoms with van der Waals surface area (Å²) in [6.07, 6.45) is 2.67. The van der Waals surface area contributed by atoms with Crippen LogP contribution in [0.15, 0.2) is 17.4 Å². The fraction of sp³-hybridized carbons (Fsp3) is 0.538. The molecule has 0 fully saturated rings. The molecule has 0 bridgehead atoms. The molecule has 8 heteroatoms. The van der Waals surface area contributed by atoms with E-state index in [-0.39, 0.29) is 11.7 Å². The van der Waals surface area contributed by atoms with Crippen LogP contribution >= 0.6 is 11.8 Å².